The number of likely N-dealkylation sites (tertiary alicyclic amines) is 1. The monoisotopic (exact) mass is 508 g/mol. The number of hydrogen-bond donors (Lipinski definition) is 1. The number of methoxy groups -OCH3 is 1. The van der Waals surface area contributed by atoms with E-state index in [0.29, 0.717) is 13.2 Å². The number of carbonyl (C=O) groups is 2. The van der Waals surface area contributed by atoms with Crippen molar-refractivity contribution < 1.29 is 24.2 Å². The number of carbonyl (C=O) groups excluding carboxylic acids is 1. The number of carboxylic acids is 1. The van der Waals surface area contributed by atoms with E-state index in [2.05, 4.69) is 24.8 Å². The fourth-order valence-corrected chi connectivity index (χ4v) is 5.70. The second-order valence-electron chi connectivity index (χ2n) is 10.2. The molecule has 0 unspecified atom stereocenters. The molecule has 0 aliphatic carbocycles. The van der Waals surface area contributed by atoms with Gasteiger partial charge in [-0.1, -0.05) is 51.0 Å². The van der Waals surface area contributed by atoms with Crippen LogP contribution in [0.3, 0.4) is 0 Å². The quantitative estimate of drug-likeness (QED) is 0.439. The summed E-state index contributed by atoms with van der Waals surface area (Å²) in [7, 11) is 1.62. The van der Waals surface area contributed by atoms with E-state index in [4.69, 9.17) is 9.47 Å². The maximum atomic E-state index is 13.6. The van der Waals surface area contributed by atoms with Crippen LogP contribution >= 0.6 is 0 Å². The molecule has 2 aromatic rings. The lowest BCUT2D eigenvalue weighted by atomic mass is 9.82. The van der Waals surface area contributed by atoms with E-state index >= 15 is 0 Å². The summed E-state index contributed by atoms with van der Waals surface area (Å²) in [5, 5.41) is 10.5. The SMILES string of the molecule is CCCCN(CCCC)C(=O)CN1C[C@@H](c2ccc3c(c2)CCO3)[C@H](C(=O)O)[C@H]1c1ccc(OC)cc1. The van der Waals surface area contributed by atoms with E-state index in [1.165, 1.54) is 0 Å². The smallest absolute Gasteiger partial charge is 0.309 e. The first kappa shape index (κ1) is 27.0. The molecule has 2 aliphatic rings. The third-order valence-electron chi connectivity index (χ3n) is 7.74. The Bertz CT molecular complexity index is 1060. The van der Waals surface area contributed by atoms with Crippen molar-refractivity contribution in [3.8, 4) is 11.5 Å². The molecule has 1 saturated heterocycles. The summed E-state index contributed by atoms with van der Waals surface area (Å²) in [6.07, 6.45) is 4.82. The molecule has 2 aliphatic heterocycles. The van der Waals surface area contributed by atoms with Crippen LogP contribution in [0.4, 0.5) is 0 Å². The second-order valence-corrected chi connectivity index (χ2v) is 10.2. The lowest BCUT2D eigenvalue weighted by molar-refractivity contribution is -0.144. The molecule has 1 N–H and O–H groups in total. The van der Waals surface area contributed by atoms with Gasteiger partial charge in [-0.25, -0.2) is 0 Å². The zero-order chi connectivity index (χ0) is 26.4. The number of ether oxygens (including phenoxy) is 2. The van der Waals surface area contributed by atoms with Gasteiger partial charge in [0.15, 0.2) is 0 Å². The number of nitrogens with zero attached hydrogens (tertiary/aromatic N) is 2. The molecule has 2 aromatic carbocycles. The van der Waals surface area contributed by atoms with E-state index in [1.54, 1.807) is 7.11 Å². The molecule has 2 heterocycles. The van der Waals surface area contributed by atoms with Crippen LogP contribution in [0.2, 0.25) is 0 Å². The lowest BCUT2D eigenvalue weighted by Crippen LogP contribution is -2.42. The van der Waals surface area contributed by atoms with Crippen LogP contribution in [-0.4, -0.2) is 66.7 Å². The van der Waals surface area contributed by atoms with Crippen LogP contribution < -0.4 is 9.47 Å². The molecule has 7 nitrogen and oxygen atoms in total. The fourth-order valence-electron chi connectivity index (χ4n) is 5.70. The van der Waals surface area contributed by atoms with Crippen LogP contribution in [0.15, 0.2) is 42.5 Å². The van der Waals surface area contributed by atoms with E-state index < -0.39 is 17.9 Å². The van der Waals surface area contributed by atoms with Crippen molar-refractivity contribution in [2.24, 2.45) is 5.92 Å². The van der Waals surface area contributed by atoms with Crippen LogP contribution in [0, 0.1) is 5.92 Å². The first-order valence-electron chi connectivity index (χ1n) is 13.6. The number of amides is 1. The van der Waals surface area contributed by atoms with Gasteiger partial charge in [-0.2, -0.15) is 0 Å². The second kappa shape index (κ2) is 12.5. The van der Waals surface area contributed by atoms with E-state index in [0.717, 1.165) is 73.4 Å². The van der Waals surface area contributed by atoms with Gasteiger partial charge < -0.3 is 19.5 Å². The van der Waals surface area contributed by atoms with E-state index in [9.17, 15) is 14.7 Å². The molecule has 3 atom stereocenters. The first-order chi connectivity index (χ1) is 18.0. The number of fused-ring (bicyclic) bond motifs is 1. The largest absolute Gasteiger partial charge is 0.497 e. The van der Waals surface area contributed by atoms with Gasteiger partial charge in [0, 0.05) is 38.0 Å². The zero-order valence-electron chi connectivity index (χ0n) is 22.3. The van der Waals surface area contributed by atoms with Crippen molar-refractivity contribution in [1.29, 1.82) is 0 Å². The summed E-state index contributed by atoms with van der Waals surface area (Å²) in [6, 6.07) is 13.2. The van der Waals surface area contributed by atoms with Gasteiger partial charge in [0.1, 0.15) is 11.5 Å². The molecule has 0 aromatic heterocycles. The molecular weight excluding hydrogens is 468 g/mol. The molecule has 0 saturated carbocycles. The molecule has 1 fully saturated rings. The van der Waals surface area contributed by atoms with Crippen LogP contribution in [-0.2, 0) is 16.0 Å². The Morgan fingerprint density at radius 2 is 1.73 bits per heavy atom. The number of aliphatic carboxylic acids is 1. The number of hydrogen-bond acceptors (Lipinski definition) is 5. The molecule has 0 bridgehead atoms. The van der Waals surface area contributed by atoms with Gasteiger partial charge in [0.25, 0.3) is 0 Å². The highest BCUT2D eigenvalue weighted by atomic mass is 16.5. The maximum absolute atomic E-state index is 13.6. The average molecular weight is 509 g/mol. The minimum Gasteiger partial charge on any atom is -0.497 e. The minimum atomic E-state index is -0.841. The Hall–Kier alpha value is -3.06. The molecule has 1 amide bonds. The van der Waals surface area contributed by atoms with Crippen molar-refractivity contribution in [3.05, 3.63) is 59.2 Å². The zero-order valence-corrected chi connectivity index (χ0v) is 22.3. The molecule has 0 spiro atoms. The van der Waals surface area contributed by atoms with Crippen molar-refractivity contribution >= 4 is 11.9 Å². The highest BCUT2D eigenvalue weighted by Crippen LogP contribution is 2.47. The number of carboxylic acid groups (broad SMARTS) is 1. The van der Waals surface area contributed by atoms with Gasteiger partial charge in [0.2, 0.25) is 5.91 Å². The highest BCUT2D eigenvalue weighted by molar-refractivity contribution is 5.79. The highest BCUT2D eigenvalue weighted by Gasteiger charge is 2.48. The molecular formula is C30H40N2O5. The van der Waals surface area contributed by atoms with Gasteiger partial charge in [-0.15, -0.1) is 0 Å². The van der Waals surface area contributed by atoms with Crippen LogP contribution in [0.25, 0.3) is 0 Å². The van der Waals surface area contributed by atoms with Crippen molar-refractivity contribution in [1.82, 2.24) is 9.80 Å². The number of benzene rings is 2. The standard InChI is InChI=1S/C30H40N2O5/c1-4-6-15-31(16-7-5-2)27(33)20-32-19-25(22-10-13-26-23(18-22)14-17-37-26)28(30(34)35)29(32)21-8-11-24(36-3)12-9-21/h8-13,18,25,28-29H,4-7,14-17,19-20H2,1-3H3,(H,34,35)/t25-,28-,29+/m0/s1. The van der Waals surface area contributed by atoms with Crippen molar-refractivity contribution in [2.45, 2.75) is 57.9 Å². The van der Waals surface area contributed by atoms with Crippen molar-refractivity contribution in [2.75, 3.05) is 39.9 Å². The maximum Gasteiger partial charge on any atom is 0.309 e. The summed E-state index contributed by atoms with van der Waals surface area (Å²) in [6.45, 7) is 7.12. The minimum absolute atomic E-state index is 0.0764. The summed E-state index contributed by atoms with van der Waals surface area (Å²) in [4.78, 5) is 30.4. The molecule has 0 radical (unpaired) electrons. The summed E-state index contributed by atoms with van der Waals surface area (Å²) < 4.78 is 11.0. The summed E-state index contributed by atoms with van der Waals surface area (Å²) in [5.74, 6) is -0.0743. The van der Waals surface area contributed by atoms with Gasteiger partial charge >= 0.3 is 5.97 Å². The van der Waals surface area contributed by atoms with Gasteiger partial charge in [0.05, 0.1) is 26.2 Å². The third-order valence-corrected chi connectivity index (χ3v) is 7.74. The Morgan fingerprint density at radius 3 is 2.35 bits per heavy atom. The third kappa shape index (κ3) is 6.09. The van der Waals surface area contributed by atoms with E-state index in [1.807, 2.05) is 41.3 Å². The lowest BCUT2D eigenvalue weighted by Gasteiger charge is -2.30. The molecule has 37 heavy (non-hydrogen) atoms. The van der Waals surface area contributed by atoms with Gasteiger partial charge in [-0.3, -0.25) is 14.5 Å². The van der Waals surface area contributed by atoms with Gasteiger partial charge in [-0.05, 0) is 47.7 Å². The topological polar surface area (TPSA) is 79.3 Å². The van der Waals surface area contributed by atoms with Crippen molar-refractivity contribution in [3.63, 3.8) is 0 Å². The van der Waals surface area contributed by atoms with E-state index in [-0.39, 0.29) is 18.4 Å². The predicted octanol–water partition coefficient (Wildman–Crippen LogP) is 4.90. The Kier molecular flexibility index (Phi) is 9.09. The Morgan fingerprint density at radius 1 is 1.05 bits per heavy atom. The molecule has 7 heteroatoms. The Balaban J connectivity index is 1.67. The van der Waals surface area contributed by atoms with Crippen LogP contribution in [0.1, 0.15) is 68.2 Å². The molecule has 200 valence electrons. The average Bonchev–Trinajstić information content (AvgIpc) is 3.53. The number of rotatable bonds is 12. The Labute approximate surface area is 220 Å². The molecule has 4 rings (SSSR count). The number of unbranched alkanes of at least 4 members (excludes halogenated alkanes) is 2. The fraction of sp³-hybridized carbons (Fsp3) is 0.533. The summed E-state index contributed by atoms with van der Waals surface area (Å²) in [5.41, 5.74) is 3.02. The first-order valence-corrected chi connectivity index (χ1v) is 13.6. The normalized spacial score (nSPS) is 20.9. The van der Waals surface area contributed by atoms with Crippen LogP contribution in [0.5, 0.6) is 11.5 Å². The predicted molar refractivity (Wildman–Crippen MR) is 143 cm³/mol. The summed E-state index contributed by atoms with van der Waals surface area (Å²) >= 11 is 0.